The number of hydrogen-bond donors (Lipinski definition) is 2. The lowest BCUT2D eigenvalue weighted by Gasteiger charge is -2.00. The molecule has 0 aliphatic heterocycles. The Morgan fingerprint density at radius 3 is 2.72 bits per heavy atom. The first-order valence-corrected chi connectivity index (χ1v) is 9.10. The van der Waals surface area contributed by atoms with Crippen LogP contribution >= 0.6 is 27.7 Å². The van der Waals surface area contributed by atoms with Crippen molar-refractivity contribution in [3.8, 4) is 5.88 Å². The number of azo groups is 1. The Kier molecular flexibility index (Phi) is 5.14. The number of fused-ring (bicyclic) bond motifs is 1. The van der Waals surface area contributed by atoms with Crippen molar-refractivity contribution in [1.82, 2.24) is 15.0 Å². The number of thioether (sulfide) groups is 1. The molecule has 25 heavy (non-hydrogen) atoms. The quantitative estimate of drug-likeness (QED) is 0.369. The van der Waals surface area contributed by atoms with E-state index in [2.05, 4.69) is 41.1 Å². The molecule has 0 unspecified atom stereocenters. The van der Waals surface area contributed by atoms with Gasteiger partial charge in [0.1, 0.15) is 0 Å². The highest BCUT2D eigenvalue weighted by atomic mass is 79.9. The number of benzene rings is 1. The Balaban J connectivity index is 1.72. The van der Waals surface area contributed by atoms with Crippen molar-refractivity contribution in [3.05, 3.63) is 40.1 Å². The van der Waals surface area contributed by atoms with Gasteiger partial charge in [-0.2, -0.15) is 0 Å². The summed E-state index contributed by atoms with van der Waals surface area (Å²) in [5.41, 5.74) is 2.63. The van der Waals surface area contributed by atoms with E-state index in [9.17, 15) is 9.90 Å². The van der Waals surface area contributed by atoms with E-state index in [1.165, 1.54) is 11.8 Å². The van der Waals surface area contributed by atoms with Gasteiger partial charge in [-0.3, -0.25) is 4.79 Å². The minimum Gasteiger partial charge on any atom is -0.493 e. The number of carbonyl (C=O) groups excluding carboxylic acids is 1. The lowest BCUT2D eigenvalue weighted by atomic mass is 10.2. The minimum absolute atomic E-state index is 0.0687. The van der Waals surface area contributed by atoms with Gasteiger partial charge in [0, 0.05) is 21.2 Å². The minimum atomic E-state index is -0.434. The fourth-order valence-corrected chi connectivity index (χ4v) is 3.34. The van der Waals surface area contributed by atoms with Gasteiger partial charge >= 0.3 is 0 Å². The second-order valence-corrected chi connectivity index (χ2v) is 7.19. The molecule has 0 spiro atoms. The van der Waals surface area contributed by atoms with Crippen LogP contribution in [0.25, 0.3) is 10.9 Å². The summed E-state index contributed by atoms with van der Waals surface area (Å²) >= 11 is 4.57. The Morgan fingerprint density at radius 1 is 1.28 bits per heavy atom. The molecule has 2 aromatic heterocycles. The summed E-state index contributed by atoms with van der Waals surface area (Å²) in [6, 6.07) is 7.30. The van der Waals surface area contributed by atoms with Crippen molar-refractivity contribution < 1.29 is 9.90 Å². The highest BCUT2D eigenvalue weighted by Crippen LogP contribution is 2.36. The van der Waals surface area contributed by atoms with Crippen molar-refractivity contribution >= 4 is 50.2 Å². The number of H-pyrrole nitrogens is 1. The Labute approximate surface area is 156 Å². The van der Waals surface area contributed by atoms with Crippen LogP contribution in [0.4, 0.5) is 5.69 Å². The van der Waals surface area contributed by atoms with Gasteiger partial charge in [-0.25, -0.2) is 9.97 Å². The van der Waals surface area contributed by atoms with E-state index in [0.717, 1.165) is 15.9 Å². The molecule has 0 saturated carbocycles. The zero-order valence-electron chi connectivity index (χ0n) is 13.4. The maximum atomic E-state index is 12.0. The molecule has 9 heteroatoms. The van der Waals surface area contributed by atoms with Gasteiger partial charge in [0.25, 0.3) is 5.91 Å². The highest BCUT2D eigenvalue weighted by molar-refractivity contribution is 9.10. The fraction of sp³-hybridized carbons (Fsp3) is 0.188. The van der Waals surface area contributed by atoms with Gasteiger partial charge in [-0.15, -0.1) is 10.2 Å². The standard InChI is InChI=1S/C16H14BrN5O2S/c1-8-5-9(2)19-16(18-8)25-7-13(23)21-22-14-11-6-10(17)3-4-12(11)20-15(14)24/h3-6,20,24H,7H2,1-2H3. The van der Waals surface area contributed by atoms with Crippen LogP contribution in [-0.4, -0.2) is 31.7 Å². The van der Waals surface area contributed by atoms with E-state index in [0.29, 0.717) is 16.1 Å². The predicted molar refractivity (Wildman–Crippen MR) is 99.4 cm³/mol. The van der Waals surface area contributed by atoms with Crippen LogP contribution in [0.2, 0.25) is 0 Å². The summed E-state index contributed by atoms with van der Waals surface area (Å²) in [7, 11) is 0. The molecule has 3 rings (SSSR count). The third kappa shape index (κ3) is 4.23. The molecule has 0 saturated heterocycles. The number of amides is 1. The Bertz CT molecular complexity index is 966. The van der Waals surface area contributed by atoms with Gasteiger partial charge in [-0.1, -0.05) is 27.7 Å². The number of carbonyl (C=O) groups is 1. The smallest absolute Gasteiger partial charge is 0.275 e. The van der Waals surface area contributed by atoms with Crippen molar-refractivity contribution in [2.45, 2.75) is 19.0 Å². The molecule has 2 N–H and O–H groups in total. The number of aryl methyl sites for hydroxylation is 2. The average Bonchev–Trinajstić information content (AvgIpc) is 2.85. The molecule has 2 heterocycles. The third-order valence-corrected chi connectivity index (χ3v) is 4.59. The number of halogens is 1. The van der Waals surface area contributed by atoms with Gasteiger partial charge in [-0.05, 0) is 38.1 Å². The van der Waals surface area contributed by atoms with Crippen molar-refractivity contribution in [2.24, 2.45) is 10.2 Å². The van der Waals surface area contributed by atoms with Gasteiger partial charge in [0.15, 0.2) is 10.8 Å². The van der Waals surface area contributed by atoms with Crippen molar-refractivity contribution in [2.75, 3.05) is 5.75 Å². The maximum absolute atomic E-state index is 12.0. The molecule has 0 atom stereocenters. The summed E-state index contributed by atoms with van der Waals surface area (Å²) < 4.78 is 0.837. The average molecular weight is 420 g/mol. The van der Waals surface area contributed by atoms with E-state index in [1.54, 1.807) is 12.1 Å². The number of rotatable bonds is 4. The summed E-state index contributed by atoms with van der Waals surface area (Å²) in [6.07, 6.45) is 0. The molecule has 0 bridgehead atoms. The molecular weight excluding hydrogens is 406 g/mol. The first-order valence-electron chi connectivity index (χ1n) is 7.32. The maximum Gasteiger partial charge on any atom is 0.275 e. The molecule has 7 nitrogen and oxygen atoms in total. The van der Waals surface area contributed by atoms with E-state index < -0.39 is 5.91 Å². The number of aromatic nitrogens is 3. The van der Waals surface area contributed by atoms with Crippen LogP contribution in [0.5, 0.6) is 5.88 Å². The fourth-order valence-electron chi connectivity index (χ4n) is 2.26. The van der Waals surface area contributed by atoms with E-state index >= 15 is 0 Å². The van der Waals surface area contributed by atoms with E-state index in [4.69, 9.17) is 0 Å². The lowest BCUT2D eigenvalue weighted by Crippen LogP contribution is -1.99. The van der Waals surface area contributed by atoms with Crippen molar-refractivity contribution in [1.29, 1.82) is 0 Å². The second kappa shape index (κ2) is 7.32. The summed E-state index contributed by atoms with van der Waals surface area (Å²) in [5, 5.41) is 18.7. The van der Waals surface area contributed by atoms with E-state index in [-0.39, 0.29) is 17.3 Å². The van der Waals surface area contributed by atoms with Gasteiger partial charge in [0.2, 0.25) is 5.88 Å². The van der Waals surface area contributed by atoms with Gasteiger partial charge < -0.3 is 10.1 Å². The van der Waals surface area contributed by atoms with Crippen LogP contribution in [0, 0.1) is 13.8 Å². The molecular formula is C16H14BrN5O2S. The largest absolute Gasteiger partial charge is 0.493 e. The SMILES string of the molecule is Cc1cc(C)nc(SCC(=O)N=Nc2c(O)[nH]c3ccc(Br)cc23)n1. The Hall–Kier alpha value is -2.26. The normalized spacial score (nSPS) is 11.5. The Morgan fingerprint density at radius 2 is 2.00 bits per heavy atom. The number of aromatic hydroxyl groups is 1. The molecule has 128 valence electrons. The van der Waals surface area contributed by atoms with E-state index in [1.807, 2.05) is 26.0 Å². The number of hydrogen-bond acceptors (Lipinski definition) is 6. The summed E-state index contributed by atoms with van der Waals surface area (Å²) in [6.45, 7) is 3.75. The molecule has 0 fully saturated rings. The molecule has 0 aliphatic carbocycles. The monoisotopic (exact) mass is 419 g/mol. The molecule has 1 aromatic carbocycles. The topological polar surface area (TPSA) is 104 Å². The van der Waals surface area contributed by atoms with Crippen LogP contribution in [0.1, 0.15) is 11.4 Å². The number of nitrogens with one attached hydrogen (secondary N) is 1. The first-order chi connectivity index (χ1) is 11.9. The first kappa shape index (κ1) is 17.6. The van der Waals surface area contributed by atoms with Crippen LogP contribution < -0.4 is 0 Å². The molecule has 1 amide bonds. The summed E-state index contributed by atoms with van der Waals surface area (Å²) in [5.74, 6) is -0.495. The van der Waals surface area contributed by atoms with Crippen LogP contribution in [-0.2, 0) is 4.79 Å². The second-order valence-electron chi connectivity index (χ2n) is 5.33. The molecule has 0 aliphatic rings. The summed E-state index contributed by atoms with van der Waals surface area (Å²) in [4.78, 5) is 23.3. The lowest BCUT2D eigenvalue weighted by molar-refractivity contribution is -0.115. The third-order valence-electron chi connectivity index (χ3n) is 3.26. The molecule has 0 radical (unpaired) electrons. The number of nitrogens with zero attached hydrogens (tertiary/aromatic N) is 4. The molecule has 3 aromatic rings. The number of aromatic amines is 1. The predicted octanol–water partition coefficient (Wildman–Crippen LogP) is 4.45. The van der Waals surface area contributed by atoms with Crippen LogP contribution in [0.3, 0.4) is 0 Å². The van der Waals surface area contributed by atoms with Crippen molar-refractivity contribution in [3.63, 3.8) is 0 Å². The zero-order valence-corrected chi connectivity index (χ0v) is 15.8. The van der Waals surface area contributed by atoms with Gasteiger partial charge in [0.05, 0.1) is 11.3 Å². The zero-order chi connectivity index (χ0) is 18.0. The van der Waals surface area contributed by atoms with Crippen LogP contribution in [0.15, 0.2) is 44.1 Å². The highest BCUT2D eigenvalue weighted by Gasteiger charge is 2.12.